The van der Waals surface area contributed by atoms with Crippen LogP contribution in [0.1, 0.15) is 12.0 Å². The number of β-amino-alcohol motifs (C(OH)–C–C–N with tert-alkyl or cyclic N) is 1. The summed E-state index contributed by atoms with van der Waals surface area (Å²) in [6.45, 7) is 2.35. The topological polar surface area (TPSA) is 100 Å². The van der Waals surface area contributed by atoms with Gasteiger partial charge < -0.3 is 20.2 Å². The minimum atomic E-state index is -0.457. The molecule has 110 valence electrons. The summed E-state index contributed by atoms with van der Waals surface area (Å²) in [7, 11) is 0. The fraction of sp³-hybridized carbons (Fsp3) is 0.357. The third-order valence-electron chi connectivity index (χ3n) is 3.52. The Morgan fingerprint density at radius 3 is 3.00 bits per heavy atom. The molecule has 3 N–H and O–H groups in total. The molecule has 2 aromatic rings. The second kappa shape index (κ2) is 5.63. The molecule has 1 aliphatic heterocycles. The van der Waals surface area contributed by atoms with Crippen molar-refractivity contribution in [3.63, 3.8) is 0 Å². The molecule has 0 saturated carbocycles. The largest absolute Gasteiger partial charge is 0.423 e. The fourth-order valence-electron chi connectivity index (χ4n) is 2.37. The number of aryl methyl sites for hydroxylation is 1. The van der Waals surface area contributed by atoms with Crippen molar-refractivity contribution >= 4 is 11.6 Å². The molecule has 2 heterocycles. The number of hydrogen-bond donors (Lipinski definition) is 3. The molecule has 1 saturated heterocycles. The summed E-state index contributed by atoms with van der Waals surface area (Å²) in [6, 6.07) is 5.14. The van der Waals surface area contributed by atoms with Gasteiger partial charge in [0.25, 0.3) is 0 Å². The predicted octanol–water partition coefficient (Wildman–Crippen LogP) is 0.706. The average Bonchev–Trinajstić information content (AvgIpc) is 3.12. The van der Waals surface area contributed by atoms with E-state index < -0.39 is 6.10 Å². The smallest absolute Gasteiger partial charge is 0.247 e. The number of aliphatic hydroxyl groups excluding tert-OH is 1. The van der Waals surface area contributed by atoms with Gasteiger partial charge in [-0.2, -0.15) is 0 Å². The molecule has 0 aliphatic carbocycles. The van der Waals surface area contributed by atoms with Crippen molar-refractivity contribution in [2.45, 2.75) is 25.5 Å². The summed E-state index contributed by atoms with van der Waals surface area (Å²) in [5, 5.41) is 22.8. The van der Waals surface area contributed by atoms with Crippen molar-refractivity contribution in [1.82, 2.24) is 15.5 Å². The summed E-state index contributed by atoms with van der Waals surface area (Å²) in [4.78, 5) is 12.1. The second-order valence-corrected chi connectivity index (χ2v) is 5.11. The second-order valence-electron chi connectivity index (χ2n) is 5.11. The maximum atomic E-state index is 12.1. The van der Waals surface area contributed by atoms with E-state index in [1.807, 2.05) is 19.1 Å². The lowest BCUT2D eigenvalue weighted by atomic mass is 10.1. The lowest BCUT2D eigenvalue weighted by molar-refractivity contribution is -0.117. The number of rotatable bonds is 3. The molecule has 1 aromatic carbocycles. The number of carbonyl (C=O) groups excluding carboxylic acids is 1. The van der Waals surface area contributed by atoms with Gasteiger partial charge in [0.2, 0.25) is 18.2 Å². The van der Waals surface area contributed by atoms with Gasteiger partial charge in [-0.05, 0) is 37.1 Å². The van der Waals surface area contributed by atoms with Crippen molar-refractivity contribution in [3.05, 3.63) is 30.2 Å². The number of aromatic nitrogens is 2. The monoisotopic (exact) mass is 288 g/mol. The third-order valence-corrected chi connectivity index (χ3v) is 3.52. The number of benzene rings is 1. The van der Waals surface area contributed by atoms with Crippen LogP contribution in [0.4, 0.5) is 5.69 Å². The van der Waals surface area contributed by atoms with Crippen LogP contribution in [0.15, 0.2) is 29.0 Å². The Hall–Kier alpha value is -2.25. The van der Waals surface area contributed by atoms with Gasteiger partial charge >= 0.3 is 0 Å². The van der Waals surface area contributed by atoms with E-state index in [0.717, 1.165) is 16.8 Å². The molecule has 1 aromatic heterocycles. The Labute approximate surface area is 121 Å². The Morgan fingerprint density at radius 2 is 2.38 bits per heavy atom. The highest BCUT2D eigenvalue weighted by atomic mass is 16.4. The maximum absolute atomic E-state index is 12.1. The first kappa shape index (κ1) is 13.7. The minimum absolute atomic E-state index is 0.139. The quantitative estimate of drug-likeness (QED) is 0.769. The first-order valence-electron chi connectivity index (χ1n) is 6.73. The van der Waals surface area contributed by atoms with Gasteiger partial charge in [-0.15, -0.1) is 10.2 Å². The zero-order valence-corrected chi connectivity index (χ0v) is 11.5. The number of aliphatic hydroxyl groups is 1. The van der Waals surface area contributed by atoms with E-state index in [-0.39, 0.29) is 11.9 Å². The molecule has 1 fully saturated rings. The molecule has 3 rings (SSSR count). The van der Waals surface area contributed by atoms with Crippen LogP contribution < -0.4 is 10.6 Å². The van der Waals surface area contributed by atoms with Crippen molar-refractivity contribution < 1.29 is 14.3 Å². The van der Waals surface area contributed by atoms with Crippen molar-refractivity contribution in [3.8, 4) is 11.5 Å². The summed E-state index contributed by atoms with van der Waals surface area (Å²) < 4.78 is 5.14. The van der Waals surface area contributed by atoms with Crippen LogP contribution in [0.3, 0.4) is 0 Å². The van der Waals surface area contributed by atoms with Crippen molar-refractivity contribution in [1.29, 1.82) is 0 Å². The van der Waals surface area contributed by atoms with Crippen molar-refractivity contribution in [2.75, 3.05) is 11.9 Å². The van der Waals surface area contributed by atoms with E-state index in [4.69, 9.17) is 4.42 Å². The number of hydrogen-bond acceptors (Lipinski definition) is 6. The van der Waals surface area contributed by atoms with Gasteiger partial charge in [-0.25, -0.2) is 0 Å². The highest BCUT2D eigenvalue weighted by Crippen LogP contribution is 2.23. The molecule has 0 bridgehead atoms. The molecule has 7 nitrogen and oxygen atoms in total. The zero-order valence-electron chi connectivity index (χ0n) is 11.5. The molecule has 0 radical (unpaired) electrons. The molecule has 2 atom stereocenters. The highest BCUT2D eigenvalue weighted by Gasteiger charge is 2.28. The zero-order chi connectivity index (χ0) is 14.8. The Balaban J connectivity index is 1.73. The van der Waals surface area contributed by atoms with Crippen molar-refractivity contribution in [2.24, 2.45) is 0 Å². The lowest BCUT2D eigenvalue weighted by Gasteiger charge is -2.13. The van der Waals surface area contributed by atoms with Crippen LogP contribution in [-0.4, -0.2) is 39.9 Å². The summed E-state index contributed by atoms with van der Waals surface area (Å²) in [5.41, 5.74) is 2.43. The molecule has 1 amide bonds. The molecule has 0 spiro atoms. The van der Waals surface area contributed by atoms with E-state index >= 15 is 0 Å². The molecule has 1 aliphatic rings. The first-order valence-corrected chi connectivity index (χ1v) is 6.73. The number of carbonyl (C=O) groups is 1. The molecule has 2 unspecified atom stereocenters. The van der Waals surface area contributed by atoms with Gasteiger partial charge in [-0.3, -0.25) is 4.79 Å². The summed E-state index contributed by atoms with van der Waals surface area (Å²) >= 11 is 0. The van der Waals surface area contributed by atoms with E-state index in [0.29, 0.717) is 18.9 Å². The Bertz CT molecular complexity index is 642. The van der Waals surface area contributed by atoms with Gasteiger partial charge in [-0.1, -0.05) is 0 Å². The van der Waals surface area contributed by atoms with E-state index in [9.17, 15) is 9.90 Å². The third kappa shape index (κ3) is 2.93. The first-order chi connectivity index (χ1) is 10.1. The Morgan fingerprint density at radius 1 is 1.52 bits per heavy atom. The highest BCUT2D eigenvalue weighted by molar-refractivity contribution is 5.96. The Kier molecular flexibility index (Phi) is 3.68. The molecule has 21 heavy (non-hydrogen) atoms. The van der Waals surface area contributed by atoms with E-state index in [1.54, 1.807) is 6.07 Å². The van der Waals surface area contributed by atoms with Crippen LogP contribution >= 0.6 is 0 Å². The normalized spacial score (nSPS) is 21.4. The standard InChI is InChI=1S/C14H16N4O3/c1-8-4-9(14-18-16-7-21-14)2-3-11(8)17-13(20)12-5-10(19)6-15-12/h2-4,7,10,12,15,19H,5-6H2,1H3,(H,17,20). The summed E-state index contributed by atoms with van der Waals surface area (Å²) in [5.74, 6) is 0.303. The van der Waals surface area contributed by atoms with Gasteiger partial charge in [0.1, 0.15) is 0 Å². The average molecular weight is 288 g/mol. The van der Waals surface area contributed by atoms with E-state index in [1.165, 1.54) is 6.39 Å². The fourth-order valence-corrected chi connectivity index (χ4v) is 2.37. The van der Waals surface area contributed by atoms with Crippen LogP contribution in [0.2, 0.25) is 0 Å². The van der Waals surface area contributed by atoms with Crippen LogP contribution in [0, 0.1) is 6.92 Å². The molecular formula is C14H16N4O3. The van der Waals surface area contributed by atoms with Gasteiger partial charge in [0.05, 0.1) is 12.1 Å². The van der Waals surface area contributed by atoms with E-state index in [2.05, 4.69) is 20.8 Å². The van der Waals surface area contributed by atoms with Gasteiger partial charge in [0, 0.05) is 17.8 Å². The number of anilines is 1. The number of amides is 1. The van der Waals surface area contributed by atoms with Crippen LogP contribution in [0.25, 0.3) is 11.5 Å². The summed E-state index contributed by atoms with van der Waals surface area (Å²) in [6.07, 6.45) is 1.25. The molecular weight excluding hydrogens is 272 g/mol. The van der Waals surface area contributed by atoms with Crippen LogP contribution in [-0.2, 0) is 4.79 Å². The van der Waals surface area contributed by atoms with Gasteiger partial charge in [0.15, 0.2) is 0 Å². The number of nitrogens with zero attached hydrogens (tertiary/aromatic N) is 2. The number of nitrogens with one attached hydrogen (secondary N) is 2. The lowest BCUT2D eigenvalue weighted by Crippen LogP contribution is -2.35. The predicted molar refractivity (Wildman–Crippen MR) is 75.5 cm³/mol. The SMILES string of the molecule is Cc1cc(-c2nnco2)ccc1NC(=O)C1CC(O)CN1. The minimum Gasteiger partial charge on any atom is -0.423 e. The molecule has 7 heteroatoms. The van der Waals surface area contributed by atoms with Crippen LogP contribution in [0.5, 0.6) is 0 Å². The maximum Gasteiger partial charge on any atom is 0.247 e.